The van der Waals surface area contributed by atoms with E-state index in [0.717, 1.165) is 11.1 Å². The first kappa shape index (κ1) is 20.2. The molecule has 0 spiro atoms. The van der Waals surface area contributed by atoms with Crippen molar-refractivity contribution >= 4 is 17.7 Å². The van der Waals surface area contributed by atoms with Crippen LogP contribution in [0.4, 0.5) is 0 Å². The molecule has 1 atom stereocenters. The number of aryl methyl sites for hydroxylation is 2. The SMILES string of the molecule is COc1ccccc1C(=O)NCC(=O)O[C@H](C)C(=O)c1cc(C)ccc1C. The number of carbonyl (C=O) groups excluding carboxylic acids is 3. The van der Waals surface area contributed by atoms with Crippen LogP contribution in [0.25, 0.3) is 0 Å². The number of methoxy groups -OCH3 is 1. The Kier molecular flexibility index (Phi) is 6.71. The molecule has 27 heavy (non-hydrogen) atoms. The van der Waals surface area contributed by atoms with Gasteiger partial charge < -0.3 is 14.8 Å². The minimum atomic E-state index is -0.943. The highest BCUT2D eigenvalue weighted by molar-refractivity contribution is 6.02. The van der Waals surface area contributed by atoms with Gasteiger partial charge in [-0.25, -0.2) is 0 Å². The molecule has 0 unspecified atom stereocenters. The van der Waals surface area contributed by atoms with Crippen molar-refractivity contribution in [3.8, 4) is 5.75 Å². The lowest BCUT2D eigenvalue weighted by molar-refractivity contribution is -0.145. The molecule has 6 heteroatoms. The summed E-state index contributed by atoms with van der Waals surface area (Å²) >= 11 is 0. The van der Waals surface area contributed by atoms with Gasteiger partial charge in [0.25, 0.3) is 5.91 Å². The van der Waals surface area contributed by atoms with Crippen LogP contribution in [-0.4, -0.2) is 37.4 Å². The van der Waals surface area contributed by atoms with E-state index in [1.165, 1.54) is 14.0 Å². The second kappa shape index (κ2) is 8.98. The Balaban J connectivity index is 1.94. The summed E-state index contributed by atoms with van der Waals surface area (Å²) in [6, 6.07) is 12.2. The van der Waals surface area contributed by atoms with Crippen LogP contribution < -0.4 is 10.1 Å². The molecular formula is C21H23NO5. The smallest absolute Gasteiger partial charge is 0.326 e. The fourth-order valence-corrected chi connectivity index (χ4v) is 2.59. The van der Waals surface area contributed by atoms with E-state index >= 15 is 0 Å². The monoisotopic (exact) mass is 369 g/mol. The molecule has 0 aliphatic heterocycles. The molecule has 142 valence electrons. The molecule has 0 bridgehead atoms. The molecule has 0 radical (unpaired) electrons. The number of rotatable bonds is 7. The Hall–Kier alpha value is -3.15. The average molecular weight is 369 g/mol. The lowest BCUT2D eigenvalue weighted by Crippen LogP contribution is -2.34. The second-order valence-corrected chi connectivity index (χ2v) is 6.20. The molecule has 1 amide bonds. The van der Waals surface area contributed by atoms with Crippen LogP contribution in [0.1, 0.15) is 38.8 Å². The Morgan fingerprint density at radius 2 is 1.74 bits per heavy atom. The zero-order chi connectivity index (χ0) is 20.0. The molecular weight excluding hydrogens is 346 g/mol. The molecule has 0 saturated heterocycles. The van der Waals surface area contributed by atoms with Gasteiger partial charge in [0.15, 0.2) is 6.10 Å². The number of benzene rings is 2. The fraction of sp³-hybridized carbons (Fsp3) is 0.286. The number of hydrogen-bond donors (Lipinski definition) is 1. The first-order valence-electron chi connectivity index (χ1n) is 8.55. The number of para-hydroxylation sites is 1. The Morgan fingerprint density at radius 3 is 2.44 bits per heavy atom. The van der Waals surface area contributed by atoms with Crippen molar-refractivity contribution in [2.45, 2.75) is 26.9 Å². The predicted molar refractivity (Wildman–Crippen MR) is 101 cm³/mol. The van der Waals surface area contributed by atoms with Crippen molar-refractivity contribution < 1.29 is 23.9 Å². The third-order valence-corrected chi connectivity index (χ3v) is 4.08. The van der Waals surface area contributed by atoms with Crippen LogP contribution in [0.5, 0.6) is 5.75 Å². The normalized spacial score (nSPS) is 11.4. The van der Waals surface area contributed by atoms with E-state index in [4.69, 9.17) is 9.47 Å². The highest BCUT2D eigenvalue weighted by Gasteiger charge is 2.22. The fourth-order valence-electron chi connectivity index (χ4n) is 2.59. The van der Waals surface area contributed by atoms with Crippen LogP contribution in [0.3, 0.4) is 0 Å². The summed E-state index contributed by atoms with van der Waals surface area (Å²) in [5.74, 6) is -1.02. The van der Waals surface area contributed by atoms with Crippen LogP contribution in [-0.2, 0) is 9.53 Å². The average Bonchev–Trinajstić information content (AvgIpc) is 2.67. The third-order valence-electron chi connectivity index (χ3n) is 4.08. The lowest BCUT2D eigenvalue weighted by atomic mass is 9.99. The number of hydrogen-bond acceptors (Lipinski definition) is 5. The maximum atomic E-state index is 12.5. The predicted octanol–water partition coefficient (Wildman–Crippen LogP) is 2.86. The van der Waals surface area contributed by atoms with E-state index in [0.29, 0.717) is 16.9 Å². The van der Waals surface area contributed by atoms with Gasteiger partial charge in [0.1, 0.15) is 12.3 Å². The van der Waals surface area contributed by atoms with Gasteiger partial charge in [0, 0.05) is 5.56 Å². The Bertz CT molecular complexity index is 859. The second-order valence-electron chi connectivity index (χ2n) is 6.20. The number of esters is 1. The standard InChI is InChI=1S/C21H23NO5/c1-13-9-10-14(2)17(11-13)20(24)15(3)27-19(23)12-22-21(25)16-7-5-6-8-18(16)26-4/h5-11,15H,12H2,1-4H3,(H,22,25)/t15-/m1/s1. The van der Waals surface area contributed by atoms with E-state index in [1.807, 2.05) is 26.0 Å². The molecule has 2 rings (SSSR count). The lowest BCUT2D eigenvalue weighted by Gasteiger charge is -2.15. The van der Waals surface area contributed by atoms with Gasteiger partial charge in [-0.05, 0) is 44.5 Å². The van der Waals surface area contributed by atoms with E-state index in [9.17, 15) is 14.4 Å². The number of nitrogens with one attached hydrogen (secondary N) is 1. The van der Waals surface area contributed by atoms with Gasteiger partial charge in [0.2, 0.25) is 5.78 Å². The summed E-state index contributed by atoms with van der Waals surface area (Å²) in [6.45, 7) is 4.89. The van der Waals surface area contributed by atoms with Gasteiger partial charge in [-0.2, -0.15) is 0 Å². The minimum absolute atomic E-state index is 0.277. The van der Waals surface area contributed by atoms with Crippen molar-refractivity contribution in [1.82, 2.24) is 5.32 Å². The van der Waals surface area contributed by atoms with E-state index in [-0.39, 0.29) is 12.3 Å². The Morgan fingerprint density at radius 1 is 1.04 bits per heavy atom. The number of ketones is 1. The van der Waals surface area contributed by atoms with Crippen molar-refractivity contribution in [1.29, 1.82) is 0 Å². The molecule has 0 heterocycles. The first-order chi connectivity index (χ1) is 12.8. The summed E-state index contributed by atoms with van der Waals surface area (Å²) in [7, 11) is 1.46. The summed E-state index contributed by atoms with van der Waals surface area (Å²) < 4.78 is 10.3. The van der Waals surface area contributed by atoms with Crippen molar-refractivity contribution in [2.24, 2.45) is 0 Å². The van der Waals surface area contributed by atoms with Crippen molar-refractivity contribution in [2.75, 3.05) is 13.7 Å². The molecule has 1 N–H and O–H groups in total. The third kappa shape index (κ3) is 5.17. The maximum absolute atomic E-state index is 12.5. The minimum Gasteiger partial charge on any atom is -0.496 e. The van der Waals surface area contributed by atoms with E-state index < -0.39 is 18.0 Å². The number of carbonyl (C=O) groups is 3. The van der Waals surface area contributed by atoms with Crippen LogP contribution in [0.15, 0.2) is 42.5 Å². The number of Topliss-reactive ketones (excluding diaryl/α,β-unsaturated/α-hetero) is 1. The largest absolute Gasteiger partial charge is 0.496 e. The van der Waals surface area contributed by atoms with Gasteiger partial charge in [-0.1, -0.05) is 29.8 Å². The molecule has 0 aromatic heterocycles. The molecule has 2 aromatic rings. The van der Waals surface area contributed by atoms with Gasteiger partial charge in [-0.15, -0.1) is 0 Å². The molecule has 0 aliphatic carbocycles. The first-order valence-corrected chi connectivity index (χ1v) is 8.55. The van der Waals surface area contributed by atoms with E-state index in [1.54, 1.807) is 30.3 Å². The quantitative estimate of drug-likeness (QED) is 0.599. The molecule has 2 aromatic carbocycles. The van der Waals surface area contributed by atoms with Crippen LogP contribution in [0.2, 0.25) is 0 Å². The van der Waals surface area contributed by atoms with Gasteiger partial charge in [-0.3, -0.25) is 14.4 Å². The zero-order valence-corrected chi connectivity index (χ0v) is 15.9. The van der Waals surface area contributed by atoms with Crippen molar-refractivity contribution in [3.63, 3.8) is 0 Å². The summed E-state index contributed by atoms with van der Waals surface area (Å²) in [4.78, 5) is 36.7. The summed E-state index contributed by atoms with van der Waals surface area (Å²) in [6.07, 6.45) is -0.943. The van der Waals surface area contributed by atoms with Crippen molar-refractivity contribution in [3.05, 3.63) is 64.7 Å². The summed E-state index contributed by atoms with van der Waals surface area (Å²) in [5.41, 5.74) is 2.60. The van der Waals surface area contributed by atoms with E-state index in [2.05, 4.69) is 5.32 Å². The Labute approximate surface area is 158 Å². The molecule has 0 aliphatic rings. The van der Waals surface area contributed by atoms with Crippen LogP contribution >= 0.6 is 0 Å². The molecule has 6 nitrogen and oxygen atoms in total. The number of ether oxygens (including phenoxy) is 2. The highest BCUT2D eigenvalue weighted by Crippen LogP contribution is 2.17. The molecule has 0 fully saturated rings. The maximum Gasteiger partial charge on any atom is 0.326 e. The van der Waals surface area contributed by atoms with Gasteiger partial charge >= 0.3 is 5.97 Å². The number of amides is 1. The molecule has 0 saturated carbocycles. The zero-order valence-electron chi connectivity index (χ0n) is 15.9. The van der Waals surface area contributed by atoms with Crippen LogP contribution in [0, 0.1) is 13.8 Å². The highest BCUT2D eigenvalue weighted by atomic mass is 16.5. The summed E-state index contributed by atoms with van der Waals surface area (Å²) in [5, 5.41) is 2.47. The van der Waals surface area contributed by atoms with Gasteiger partial charge in [0.05, 0.1) is 12.7 Å². The topological polar surface area (TPSA) is 81.7 Å².